The first-order chi connectivity index (χ1) is 10.9. The van der Waals surface area contributed by atoms with Crippen molar-refractivity contribution < 1.29 is 9.53 Å². The van der Waals surface area contributed by atoms with Gasteiger partial charge in [-0.1, -0.05) is 48.0 Å². The van der Waals surface area contributed by atoms with Crippen LogP contribution in [0.1, 0.15) is 37.8 Å². The molecule has 1 atom stereocenters. The van der Waals surface area contributed by atoms with E-state index in [1.54, 1.807) is 6.92 Å². The van der Waals surface area contributed by atoms with Crippen LogP contribution < -0.4 is 10.1 Å². The summed E-state index contributed by atoms with van der Waals surface area (Å²) in [5.74, 6) is 0.946. The third-order valence-corrected chi connectivity index (χ3v) is 4.05. The van der Waals surface area contributed by atoms with Crippen LogP contribution in [0.15, 0.2) is 46.9 Å². The summed E-state index contributed by atoms with van der Waals surface area (Å²) in [5, 5.41) is 2.87. The van der Waals surface area contributed by atoms with Crippen molar-refractivity contribution in [1.82, 2.24) is 0 Å². The highest BCUT2D eigenvalue weighted by Gasteiger charge is 2.17. The minimum Gasteiger partial charge on any atom is -0.481 e. The lowest BCUT2D eigenvalue weighted by atomic mass is 10.0. The fourth-order valence-electron chi connectivity index (χ4n) is 2.27. The highest BCUT2D eigenvalue weighted by molar-refractivity contribution is 9.10. The van der Waals surface area contributed by atoms with Crippen molar-refractivity contribution in [2.24, 2.45) is 0 Å². The molecule has 0 aliphatic carbocycles. The normalized spacial score (nSPS) is 12.1. The molecule has 0 saturated carbocycles. The van der Waals surface area contributed by atoms with E-state index in [1.807, 2.05) is 37.3 Å². The van der Waals surface area contributed by atoms with Gasteiger partial charge in [-0.25, -0.2) is 0 Å². The van der Waals surface area contributed by atoms with Gasteiger partial charge < -0.3 is 10.1 Å². The van der Waals surface area contributed by atoms with Gasteiger partial charge >= 0.3 is 0 Å². The van der Waals surface area contributed by atoms with E-state index in [0.29, 0.717) is 5.92 Å². The molecule has 2 rings (SSSR count). The van der Waals surface area contributed by atoms with E-state index in [9.17, 15) is 4.79 Å². The van der Waals surface area contributed by atoms with Crippen LogP contribution in [0.3, 0.4) is 0 Å². The number of halogens is 1. The average molecular weight is 376 g/mol. The molecule has 0 aliphatic rings. The summed E-state index contributed by atoms with van der Waals surface area (Å²) in [6.45, 7) is 8.01. The van der Waals surface area contributed by atoms with Crippen molar-refractivity contribution in [3.8, 4) is 5.75 Å². The summed E-state index contributed by atoms with van der Waals surface area (Å²) in [6.07, 6.45) is -0.576. The highest BCUT2D eigenvalue weighted by Crippen LogP contribution is 2.28. The van der Waals surface area contributed by atoms with Crippen LogP contribution in [0, 0.1) is 6.92 Å². The Morgan fingerprint density at radius 3 is 2.52 bits per heavy atom. The molecule has 2 aromatic carbocycles. The van der Waals surface area contributed by atoms with Gasteiger partial charge in [-0.3, -0.25) is 4.79 Å². The third-order valence-electron chi connectivity index (χ3n) is 3.56. The highest BCUT2D eigenvalue weighted by atomic mass is 79.9. The predicted octanol–water partition coefficient (Wildman–Crippen LogP) is 5.29. The smallest absolute Gasteiger partial charge is 0.265 e. The summed E-state index contributed by atoms with van der Waals surface area (Å²) in [6, 6.07) is 13.6. The standard InChI is InChI=1S/C19H22BrNO2/c1-12(2)17-9-8-13(3)10-18(17)23-14(4)19(22)21-16-7-5-6-15(20)11-16/h5-12,14H,1-4H3,(H,21,22). The molecule has 0 radical (unpaired) electrons. The molecule has 0 aliphatic heterocycles. The van der Waals surface area contributed by atoms with Crippen LogP contribution in [0.5, 0.6) is 5.75 Å². The first-order valence-electron chi connectivity index (χ1n) is 7.70. The van der Waals surface area contributed by atoms with E-state index >= 15 is 0 Å². The van der Waals surface area contributed by atoms with Crippen molar-refractivity contribution in [1.29, 1.82) is 0 Å². The van der Waals surface area contributed by atoms with Crippen LogP contribution in [0.2, 0.25) is 0 Å². The molecule has 0 saturated heterocycles. The van der Waals surface area contributed by atoms with Gasteiger partial charge in [0.1, 0.15) is 5.75 Å². The second-order valence-electron chi connectivity index (χ2n) is 5.96. The molecule has 0 heterocycles. The lowest BCUT2D eigenvalue weighted by Crippen LogP contribution is -2.30. The number of ether oxygens (including phenoxy) is 1. The molecule has 0 fully saturated rings. The van der Waals surface area contributed by atoms with Gasteiger partial charge in [-0.15, -0.1) is 0 Å². The van der Waals surface area contributed by atoms with E-state index in [-0.39, 0.29) is 5.91 Å². The second-order valence-corrected chi connectivity index (χ2v) is 6.87. The zero-order valence-corrected chi connectivity index (χ0v) is 15.5. The maximum Gasteiger partial charge on any atom is 0.265 e. The average Bonchev–Trinajstić information content (AvgIpc) is 2.46. The van der Waals surface area contributed by atoms with E-state index in [0.717, 1.165) is 27.0 Å². The van der Waals surface area contributed by atoms with E-state index in [1.165, 1.54) is 0 Å². The Morgan fingerprint density at radius 1 is 1.13 bits per heavy atom. The largest absolute Gasteiger partial charge is 0.481 e. The zero-order chi connectivity index (χ0) is 17.0. The van der Waals surface area contributed by atoms with Gasteiger partial charge in [0.25, 0.3) is 5.91 Å². The fourth-order valence-corrected chi connectivity index (χ4v) is 2.67. The molecule has 1 unspecified atom stereocenters. The molecule has 23 heavy (non-hydrogen) atoms. The number of aryl methyl sites for hydroxylation is 1. The van der Waals surface area contributed by atoms with Gasteiger partial charge in [0.05, 0.1) is 0 Å². The first-order valence-corrected chi connectivity index (χ1v) is 8.49. The topological polar surface area (TPSA) is 38.3 Å². The van der Waals surface area contributed by atoms with E-state index in [4.69, 9.17) is 4.74 Å². The molecule has 1 amide bonds. The molecule has 2 aromatic rings. The van der Waals surface area contributed by atoms with Gasteiger partial charge in [-0.2, -0.15) is 0 Å². The lowest BCUT2D eigenvalue weighted by molar-refractivity contribution is -0.122. The Kier molecular flexibility index (Phi) is 5.83. The van der Waals surface area contributed by atoms with Crippen LogP contribution in [0.25, 0.3) is 0 Å². The molecule has 1 N–H and O–H groups in total. The van der Waals surface area contributed by atoms with Gasteiger partial charge in [0.2, 0.25) is 0 Å². The Labute approximate surface area is 146 Å². The molecular formula is C19H22BrNO2. The minimum atomic E-state index is -0.576. The molecular weight excluding hydrogens is 354 g/mol. The number of carbonyl (C=O) groups excluding carboxylic acids is 1. The number of benzene rings is 2. The van der Waals surface area contributed by atoms with Crippen LogP contribution >= 0.6 is 15.9 Å². The van der Waals surface area contributed by atoms with Gasteiger partial charge in [0.15, 0.2) is 6.10 Å². The summed E-state index contributed by atoms with van der Waals surface area (Å²) in [4.78, 5) is 12.3. The second kappa shape index (κ2) is 7.64. The third kappa shape index (κ3) is 4.83. The molecule has 4 heteroatoms. The number of hydrogen-bond donors (Lipinski definition) is 1. The summed E-state index contributed by atoms with van der Waals surface area (Å²) in [7, 11) is 0. The van der Waals surface area contributed by atoms with Crippen molar-refractivity contribution >= 4 is 27.5 Å². The Hall–Kier alpha value is -1.81. The Morgan fingerprint density at radius 2 is 1.87 bits per heavy atom. The van der Waals surface area contributed by atoms with E-state index < -0.39 is 6.10 Å². The quantitative estimate of drug-likeness (QED) is 0.770. The summed E-state index contributed by atoms with van der Waals surface area (Å²) in [5.41, 5.74) is 2.97. The maximum atomic E-state index is 12.3. The number of carbonyl (C=O) groups is 1. The van der Waals surface area contributed by atoms with Crippen LogP contribution in [0.4, 0.5) is 5.69 Å². The van der Waals surface area contributed by atoms with Crippen molar-refractivity contribution in [2.75, 3.05) is 5.32 Å². The van der Waals surface area contributed by atoms with Crippen molar-refractivity contribution in [3.05, 3.63) is 58.1 Å². The number of amides is 1. The number of nitrogens with one attached hydrogen (secondary N) is 1. The summed E-state index contributed by atoms with van der Waals surface area (Å²) >= 11 is 3.39. The SMILES string of the molecule is Cc1ccc(C(C)C)c(OC(C)C(=O)Nc2cccc(Br)c2)c1. The number of rotatable bonds is 5. The molecule has 3 nitrogen and oxygen atoms in total. The van der Waals surface area contributed by atoms with E-state index in [2.05, 4.69) is 47.2 Å². The molecule has 0 bridgehead atoms. The lowest BCUT2D eigenvalue weighted by Gasteiger charge is -2.19. The first kappa shape index (κ1) is 17.5. The fraction of sp³-hybridized carbons (Fsp3) is 0.316. The molecule has 0 aromatic heterocycles. The Bertz CT molecular complexity index is 698. The van der Waals surface area contributed by atoms with Crippen molar-refractivity contribution in [3.63, 3.8) is 0 Å². The van der Waals surface area contributed by atoms with Gasteiger partial charge in [-0.05, 0) is 55.2 Å². The number of anilines is 1. The number of hydrogen-bond acceptors (Lipinski definition) is 2. The van der Waals surface area contributed by atoms with Gasteiger partial charge in [0, 0.05) is 10.2 Å². The predicted molar refractivity (Wildman–Crippen MR) is 98.1 cm³/mol. The van der Waals surface area contributed by atoms with Crippen molar-refractivity contribution in [2.45, 2.75) is 39.7 Å². The minimum absolute atomic E-state index is 0.167. The van der Waals surface area contributed by atoms with Crippen LogP contribution in [-0.2, 0) is 4.79 Å². The molecule has 0 spiro atoms. The monoisotopic (exact) mass is 375 g/mol. The summed E-state index contributed by atoms with van der Waals surface area (Å²) < 4.78 is 6.85. The van der Waals surface area contributed by atoms with Crippen LogP contribution in [-0.4, -0.2) is 12.0 Å². The maximum absolute atomic E-state index is 12.3. The Balaban J connectivity index is 2.11. The zero-order valence-electron chi connectivity index (χ0n) is 13.9. The molecule has 122 valence electrons.